The van der Waals surface area contributed by atoms with Gasteiger partial charge in [0.15, 0.2) is 0 Å². The molecule has 0 aromatic heterocycles. The lowest BCUT2D eigenvalue weighted by atomic mass is 10.2. The molecule has 0 saturated carbocycles. The zero-order valence-corrected chi connectivity index (χ0v) is 6.71. The molecule has 1 saturated heterocycles. The highest BCUT2D eigenvalue weighted by Crippen LogP contribution is 2.19. The van der Waals surface area contributed by atoms with Gasteiger partial charge in [0.05, 0.1) is 12.6 Å². The highest BCUT2D eigenvalue weighted by Gasteiger charge is 2.40. The van der Waals surface area contributed by atoms with Crippen LogP contribution in [-0.2, 0) is 9.63 Å². The van der Waals surface area contributed by atoms with Crippen molar-refractivity contribution in [1.29, 1.82) is 0 Å². The number of hydrogen-bond donors (Lipinski definition) is 3. The number of carbonyl (C=O) groups is 2. The van der Waals surface area contributed by atoms with Crippen molar-refractivity contribution in [3.8, 4) is 0 Å². The third-order valence-electron chi connectivity index (χ3n) is 1.99. The lowest BCUT2D eigenvalue weighted by molar-refractivity contribution is -0.141. The van der Waals surface area contributed by atoms with Gasteiger partial charge in [0.1, 0.15) is 6.04 Å². The number of rotatable bonds is 2. The third kappa shape index (κ3) is 1.87. The van der Waals surface area contributed by atoms with Crippen LogP contribution < -0.4 is 5.90 Å². The molecule has 1 rings (SSSR count). The van der Waals surface area contributed by atoms with Crippen LogP contribution in [0.2, 0.25) is 0 Å². The molecule has 0 unspecified atom stereocenters. The summed E-state index contributed by atoms with van der Waals surface area (Å²) in [5.74, 6) is 3.67. The van der Waals surface area contributed by atoms with E-state index in [1.165, 1.54) is 0 Å². The van der Waals surface area contributed by atoms with Gasteiger partial charge < -0.3 is 10.2 Å². The maximum absolute atomic E-state index is 10.6. The van der Waals surface area contributed by atoms with Crippen LogP contribution in [0.5, 0.6) is 0 Å². The van der Waals surface area contributed by atoms with Gasteiger partial charge in [0, 0.05) is 6.42 Å². The summed E-state index contributed by atoms with van der Waals surface area (Å²) in [7, 11) is 0. The molecule has 0 aromatic rings. The Morgan fingerprint density at radius 3 is 2.38 bits per heavy atom. The van der Waals surface area contributed by atoms with Gasteiger partial charge in [-0.05, 0) is 0 Å². The van der Waals surface area contributed by atoms with E-state index in [0.29, 0.717) is 0 Å². The van der Waals surface area contributed by atoms with Gasteiger partial charge in [-0.15, -0.1) is 0 Å². The number of carboxylic acids is 1. The van der Waals surface area contributed by atoms with Crippen molar-refractivity contribution in [3.63, 3.8) is 0 Å². The predicted octanol–water partition coefficient (Wildman–Crippen LogP) is -0.918. The Labute approximate surface area is 73.6 Å². The van der Waals surface area contributed by atoms with E-state index in [1.54, 1.807) is 0 Å². The van der Waals surface area contributed by atoms with E-state index in [-0.39, 0.29) is 13.0 Å². The van der Waals surface area contributed by atoms with E-state index in [0.717, 1.165) is 4.90 Å². The molecule has 13 heavy (non-hydrogen) atoms. The van der Waals surface area contributed by atoms with Gasteiger partial charge in [-0.25, -0.2) is 15.5 Å². The Kier molecular flexibility index (Phi) is 2.69. The molecular weight excluding hydrogens is 180 g/mol. The molecule has 7 nitrogen and oxygen atoms in total. The Bertz CT molecular complexity index is 209. The number of likely N-dealkylation sites (tertiary alicyclic amines) is 1. The molecule has 0 spiro atoms. The molecule has 2 atom stereocenters. The maximum atomic E-state index is 10.6. The first-order valence-corrected chi connectivity index (χ1v) is 3.64. The number of nitrogens with two attached hydrogens (primary N) is 1. The van der Waals surface area contributed by atoms with Crippen molar-refractivity contribution < 1.29 is 24.6 Å². The van der Waals surface area contributed by atoms with Gasteiger partial charge in [0.2, 0.25) is 0 Å². The number of nitrogens with zero attached hydrogens (tertiary/aromatic N) is 1. The fourth-order valence-corrected chi connectivity index (χ4v) is 1.34. The molecule has 0 aromatic carbocycles. The molecule has 7 heteroatoms. The van der Waals surface area contributed by atoms with Gasteiger partial charge in [-0.3, -0.25) is 9.74 Å². The zero-order chi connectivity index (χ0) is 10.0. The molecule has 1 amide bonds. The molecular formula is C6H10N2O5. The molecule has 4 N–H and O–H groups in total. The van der Waals surface area contributed by atoms with Crippen molar-refractivity contribution in [3.05, 3.63) is 0 Å². The SMILES string of the molecule is NO[C@H]1C[C@H](C(=O)O)N(C(=O)O)C1. The Hall–Kier alpha value is -1.34. The first kappa shape index (κ1) is 9.75. The highest BCUT2D eigenvalue weighted by atomic mass is 16.6. The van der Waals surface area contributed by atoms with Gasteiger partial charge in [-0.1, -0.05) is 0 Å². The van der Waals surface area contributed by atoms with Crippen molar-refractivity contribution in [2.24, 2.45) is 5.90 Å². The summed E-state index contributed by atoms with van der Waals surface area (Å²) in [6.45, 7) is 0.00278. The lowest BCUT2D eigenvalue weighted by Crippen LogP contribution is -2.39. The second-order valence-electron chi connectivity index (χ2n) is 2.78. The smallest absolute Gasteiger partial charge is 0.408 e. The molecule has 1 aliphatic rings. The first-order valence-electron chi connectivity index (χ1n) is 3.64. The van der Waals surface area contributed by atoms with Crippen LogP contribution in [0.3, 0.4) is 0 Å². The Morgan fingerprint density at radius 2 is 2.08 bits per heavy atom. The summed E-state index contributed by atoms with van der Waals surface area (Å²) in [4.78, 5) is 26.3. The number of hydrogen-bond acceptors (Lipinski definition) is 4. The van der Waals surface area contributed by atoms with Gasteiger partial charge >= 0.3 is 12.1 Å². The summed E-state index contributed by atoms with van der Waals surface area (Å²) in [5, 5.41) is 17.3. The Balaban J connectivity index is 2.71. The van der Waals surface area contributed by atoms with Gasteiger partial charge in [-0.2, -0.15) is 0 Å². The summed E-state index contributed by atoms with van der Waals surface area (Å²) in [5.41, 5.74) is 0. The first-order chi connectivity index (χ1) is 6.06. The number of aliphatic carboxylic acids is 1. The fourth-order valence-electron chi connectivity index (χ4n) is 1.34. The Morgan fingerprint density at radius 1 is 1.46 bits per heavy atom. The second-order valence-corrected chi connectivity index (χ2v) is 2.78. The molecule has 1 heterocycles. The third-order valence-corrected chi connectivity index (χ3v) is 1.99. The average molecular weight is 190 g/mol. The molecule has 0 bridgehead atoms. The maximum Gasteiger partial charge on any atom is 0.408 e. The quantitative estimate of drug-likeness (QED) is 0.485. The van der Waals surface area contributed by atoms with E-state index >= 15 is 0 Å². The molecule has 1 aliphatic heterocycles. The lowest BCUT2D eigenvalue weighted by Gasteiger charge is -2.16. The zero-order valence-electron chi connectivity index (χ0n) is 6.71. The van der Waals surface area contributed by atoms with Crippen LogP contribution >= 0.6 is 0 Å². The minimum absolute atomic E-state index is 0.00278. The van der Waals surface area contributed by atoms with E-state index in [9.17, 15) is 9.59 Å². The normalized spacial score (nSPS) is 27.6. The van der Waals surface area contributed by atoms with Crippen molar-refractivity contribution >= 4 is 12.1 Å². The highest BCUT2D eigenvalue weighted by molar-refractivity contribution is 5.80. The van der Waals surface area contributed by atoms with Crippen LogP contribution in [0.1, 0.15) is 6.42 Å². The number of amides is 1. The summed E-state index contributed by atoms with van der Waals surface area (Å²) >= 11 is 0. The molecule has 0 aliphatic carbocycles. The molecule has 74 valence electrons. The molecule has 0 radical (unpaired) electrons. The second kappa shape index (κ2) is 3.58. The standard InChI is InChI=1S/C6H10N2O5/c7-13-3-1-4(5(9)10)8(2-3)6(11)12/h3-4H,1-2,7H2,(H,9,10)(H,11,12)/t3-,4+/m0/s1. The van der Waals surface area contributed by atoms with E-state index < -0.39 is 24.2 Å². The average Bonchev–Trinajstić information content (AvgIpc) is 2.47. The van der Waals surface area contributed by atoms with E-state index in [1.807, 2.05) is 0 Å². The fraction of sp³-hybridized carbons (Fsp3) is 0.667. The van der Waals surface area contributed by atoms with Crippen molar-refractivity contribution in [2.45, 2.75) is 18.6 Å². The topological polar surface area (TPSA) is 113 Å². The summed E-state index contributed by atoms with van der Waals surface area (Å²) in [6, 6.07) is -1.05. The molecule has 1 fully saturated rings. The largest absolute Gasteiger partial charge is 0.480 e. The van der Waals surface area contributed by atoms with Crippen LogP contribution in [0.15, 0.2) is 0 Å². The number of carboxylic acid groups (broad SMARTS) is 2. The van der Waals surface area contributed by atoms with Crippen LogP contribution in [0.4, 0.5) is 4.79 Å². The minimum atomic E-state index is -1.27. The van der Waals surface area contributed by atoms with E-state index in [2.05, 4.69) is 4.84 Å². The van der Waals surface area contributed by atoms with Crippen LogP contribution in [0.25, 0.3) is 0 Å². The van der Waals surface area contributed by atoms with Crippen molar-refractivity contribution in [2.75, 3.05) is 6.54 Å². The predicted molar refractivity (Wildman–Crippen MR) is 39.8 cm³/mol. The van der Waals surface area contributed by atoms with Crippen molar-refractivity contribution in [1.82, 2.24) is 4.90 Å². The minimum Gasteiger partial charge on any atom is -0.480 e. The van der Waals surface area contributed by atoms with Crippen LogP contribution in [0, 0.1) is 0 Å². The van der Waals surface area contributed by atoms with Crippen LogP contribution in [-0.4, -0.2) is 45.9 Å². The monoisotopic (exact) mass is 190 g/mol. The van der Waals surface area contributed by atoms with Gasteiger partial charge in [0.25, 0.3) is 0 Å². The summed E-state index contributed by atoms with van der Waals surface area (Å²) < 4.78 is 0. The summed E-state index contributed by atoms with van der Waals surface area (Å²) in [6.07, 6.45) is -1.71. The van der Waals surface area contributed by atoms with E-state index in [4.69, 9.17) is 16.1 Å².